The van der Waals surface area contributed by atoms with E-state index in [9.17, 15) is 9.59 Å². The summed E-state index contributed by atoms with van der Waals surface area (Å²) in [5.74, 6) is 1.30. The van der Waals surface area contributed by atoms with Gasteiger partial charge in [0.2, 0.25) is 5.91 Å². The fourth-order valence-electron chi connectivity index (χ4n) is 4.44. The van der Waals surface area contributed by atoms with Crippen molar-refractivity contribution in [3.63, 3.8) is 0 Å². The lowest BCUT2D eigenvalue weighted by Gasteiger charge is -2.22. The number of ketones is 1. The molecule has 1 N–H and O–H groups in total. The van der Waals surface area contributed by atoms with Gasteiger partial charge in [0.25, 0.3) is 0 Å². The topological polar surface area (TPSA) is 72.0 Å². The number of nitrogens with one attached hydrogen (secondary N) is 1. The standard InChI is InChI=1S/C24H22ClN3O2/c25-21-10-16-13-27-23(11-15(16)9-18(21)14-4-6-17(29)7-5-14)28-24(30)20-12-19(20)22-3-1-2-8-26-22/h1-3,8-11,13-14,19-20H,4-7,12H2,(H,27,28,30)/t19-,20-/m1/s1. The van der Waals surface area contributed by atoms with Gasteiger partial charge in [0.05, 0.1) is 0 Å². The van der Waals surface area contributed by atoms with Crippen LogP contribution in [0.5, 0.6) is 0 Å². The van der Waals surface area contributed by atoms with Crippen molar-refractivity contribution in [3.8, 4) is 0 Å². The smallest absolute Gasteiger partial charge is 0.229 e. The first kappa shape index (κ1) is 19.2. The van der Waals surface area contributed by atoms with Crippen molar-refractivity contribution in [1.82, 2.24) is 9.97 Å². The van der Waals surface area contributed by atoms with E-state index in [0.29, 0.717) is 30.4 Å². The Balaban J connectivity index is 1.33. The molecule has 0 radical (unpaired) electrons. The van der Waals surface area contributed by atoms with Gasteiger partial charge in [0.1, 0.15) is 11.6 Å². The first-order valence-corrected chi connectivity index (χ1v) is 10.8. The highest BCUT2D eigenvalue weighted by Crippen LogP contribution is 2.47. The quantitative estimate of drug-likeness (QED) is 0.626. The third-order valence-corrected chi connectivity index (χ3v) is 6.59. The molecule has 0 aliphatic heterocycles. The molecule has 30 heavy (non-hydrogen) atoms. The molecule has 6 heteroatoms. The van der Waals surface area contributed by atoms with E-state index in [4.69, 9.17) is 11.6 Å². The SMILES string of the molecule is O=C1CCC(c2cc3cc(NC(=O)[C@@H]4C[C@H]4c4ccccn4)ncc3cc2Cl)CC1. The Hall–Kier alpha value is -2.79. The fourth-order valence-corrected chi connectivity index (χ4v) is 4.77. The van der Waals surface area contributed by atoms with Crippen LogP contribution < -0.4 is 5.32 Å². The Morgan fingerprint density at radius 1 is 1.07 bits per heavy atom. The van der Waals surface area contributed by atoms with Gasteiger partial charge in [-0.15, -0.1) is 0 Å². The Bertz CT molecular complexity index is 1120. The first-order chi connectivity index (χ1) is 14.6. The van der Waals surface area contributed by atoms with Crippen LogP contribution in [0, 0.1) is 5.92 Å². The average Bonchev–Trinajstić information content (AvgIpc) is 3.56. The number of aromatic nitrogens is 2. The highest BCUT2D eigenvalue weighted by molar-refractivity contribution is 6.32. The van der Waals surface area contributed by atoms with Gasteiger partial charge < -0.3 is 5.32 Å². The van der Waals surface area contributed by atoms with Crippen molar-refractivity contribution in [2.45, 2.75) is 43.9 Å². The predicted octanol–water partition coefficient (Wildman–Crippen LogP) is 5.25. The Morgan fingerprint density at radius 2 is 1.90 bits per heavy atom. The zero-order valence-corrected chi connectivity index (χ0v) is 17.2. The number of amides is 1. The minimum absolute atomic E-state index is 0.0162. The zero-order valence-electron chi connectivity index (χ0n) is 16.5. The molecular formula is C24H22ClN3O2. The molecule has 5 nitrogen and oxygen atoms in total. The Morgan fingerprint density at radius 3 is 2.67 bits per heavy atom. The van der Waals surface area contributed by atoms with Crippen LogP contribution in [0.25, 0.3) is 10.8 Å². The molecule has 2 aromatic heterocycles. The molecule has 2 aliphatic rings. The maximum Gasteiger partial charge on any atom is 0.229 e. The summed E-state index contributed by atoms with van der Waals surface area (Å²) in [4.78, 5) is 33.0. The van der Waals surface area contributed by atoms with Crippen LogP contribution in [0.1, 0.15) is 55.2 Å². The summed E-state index contributed by atoms with van der Waals surface area (Å²) in [6.45, 7) is 0. The number of hydrogen-bond acceptors (Lipinski definition) is 4. The summed E-state index contributed by atoms with van der Waals surface area (Å²) in [6.07, 6.45) is 7.25. The second-order valence-electron chi connectivity index (χ2n) is 8.30. The molecule has 1 aromatic carbocycles. The van der Waals surface area contributed by atoms with E-state index in [-0.39, 0.29) is 17.7 Å². The number of anilines is 1. The summed E-state index contributed by atoms with van der Waals surface area (Å²) in [5.41, 5.74) is 2.05. The van der Waals surface area contributed by atoms with Crippen LogP contribution in [0.4, 0.5) is 5.82 Å². The monoisotopic (exact) mass is 419 g/mol. The van der Waals surface area contributed by atoms with Crippen molar-refractivity contribution in [2.75, 3.05) is 5.32 Å². The summed E-state index contributed by atoms with van der Waals surface area (Å²) >= 11 is 6.53. The highest BCUT2D eigenvalue weighted by Gasteiger charge is 2.44. The van der Waals surface area contributed by atoms with E-state index in [1.54, 1.807) is 12.4 Å². The molecule has 2 heterocycles. The van der Waals surface area contributed by atoms with E-state index < -0.39 is 0 Å². The fraction of sp³-hybridized carbons (Fsp3) is 0.333. The summed E-state index contributed by atoms with van der Waals surface area (Å²) < 4.78 is 0. The van der Waals surface area contributed by atoms with E-state index >= 15 is 0 Å². The number of halogens is 1. The Kier molecular flexibility index (Phi) is 4.99. The largest absolute Gasteiger partial charge is 0.310 e. The molecule has 0 unspecified atom stereocenters. The lowest BCUT2D eigenvalue weighted by Crippen LogP contribution is -2.15. The van der Waals surface area contributed by atoms with Gasteiger partial charge in [-0.3, -0.25) is 14.6 Å². The number of rotatable bonds is 4. The highest BCUT2D eigenvalue weighted by atomic mass is 35.5. The molecule has 2 fully saturated rings. The number of pyridine rings is 2. The van der Waals surface area contributed by atoms with Gasteiger partial charge in [-0.1, -0.05) is 17.7 Å². The van der Waals surface area contributed by atoms with Gasteiger partial charge in [-0.2, -0.15) is 0 Å². The van der Waals surface area contributed by atoms with Crippen LogP contribution in [0.2, 0.25) is 5.02 Å². The van der Waals surface area contributed by atoms with Gasteiger partial charge >= 0.3 is 0 Å². The first-order valence-electron chi connectivity index (χ1n) is 10.4. The van der Waals surface area contributed by atoms with Crippen LogP contribution in [0.15, 0.2) is 48.8 Å². The van der Waals surface area contributed by atoms with Gasteiger partial charge in [0.15, 0.2) is 0 Å². The second kappa shape index (κ2) is 7.80. The lowest BCUT2D eigenvalue weighted by atomic mass is 9.83. The molecule has 2 saturated carbocycles. The third kappa shape index (κ3) is 3.82. The van der Waals surface area contributed by atoms with Crippen LogP contribution in [-0.2, 0) is 9.59 Å². The molecule has 152 valence electrons. The van der Waals surface area contributed by atoms with E-state index in [0.717, 1.165) is 46.3 Å². The minimum Gasteiger partial charge on any atom is -0.310 e. The third-order valence-electron chi connectivity index (χ3n) is 6.27. The molecule has 0 saturated heterocycles. The number of Topliss-reactive ketones (excluding diaryl/α,β-unsaturated/α-hetero) is 1. The second-order valence-corrected chi connectivity index (χ2v) is 8.70. The number of benzene rings is 1. The minimum atomic E-state index is -0.0575. The van der Waals surface area contributed by atoms with Gasteiger partial charge in [0, 0.05) is 53.2 Å². The number of nitrogens with zero attached hydrogens (tertiary/aromatic N) is 2. The zero-order chi connectivity index (χ0) is 20.7. The van der Waals surface area contributed by atoms with E-state index in [1.807, 2.05) is 30.3 Å². The normalized spacial score (nSPS) is 21.6. The van der Waals surface area contributed by atoms with Crippen molar-refractivity contribution in [2.24, 2.45) is 5.92 Å². The van der Waals surface area contributed by atoms with Crippen LogP contribution in [0.3, 0.4) is 0 Å². The number of fused-ring (bicyclic) bond motifs is 1. The van der Waals surface area contributed by atoms with Crippen molar-refractivity contribution in [1.29, 1.82) is 0 Å². The molecule has 0 spiro atoms. The predicted molar refractivity (Wildman–Crippen MR) is 117 cm³/mol. The van der Waals surface area contributed by atoms with E-state index in [1.165, 1.54) is 0 Å². The maximum atomic E-state index is 12.7. The van der Waals surface area contributed by atoms with Crippen molar-refractivity contribution < 1.29 is 9.59 Å². The average molecular weight is 420 g/mol. The molecular weight excluding hydrogens is 398 g/mol. The van der Waals surface area contributed by atoms with Crippen LogP contribution in [-0.4, -0.2) is 21.7 Å². The summed E-state index contributed by atoms with van der Waals surface area (Å²) in [5, 5.41) is 5.61. The van der Waals surface area contributed by atoms with E-state index in [2.05, 4.69) is 21.4 Å². The van der Waals surface area contributed by atoms with Gasteiger partial charge in [-0.25, -0.2) is 4.98 Å². The molecule has 2 atom stereocenters. The van der Waals surface area contributed by atoms with Gasteiger partial charge in [-0.05, 0) is 66.5 Å². The van der Waals surface area contributed by atoms with Crippen molar-refractivity contribution in [3.05, 3.63) is 65.1 Å². The Labute approximate surface area is 179 Å². The molecule has 5 rings (SSSR count). The summed E-state index contributed by atoms with van der Waals surface area (Å²) in [6, 6.07) is 11.7. The van der Waals surface area contributed by atoms with Crippen LogP contribution >= 0.6 is 11.6 Å². The van der Waals surface area contributed by atoms with Crippen molar-refractivity contribution >= 4 is 39.9 Å². The molecule has 1 amide bonds. The maximum absolute atomic E-state index is 12.7. The number of hydrogen-bond donors (Lipinski definition) is 1. The molecule has 3 aromatic rings. The number of carbonyl (C=O) groups excluding carboxylic acids is 2. The lowest BCUT2D eigenvalue weighted by molar-refractivity contribution is -0.120. The molecule has 0 bridgehead atoms. The molecule has 2 aliphatic carbocycles. The number of carbonyl (C=O) groups is 2. The summed E-state index contributed by atoms with van der Waals surface area (Å²) in [7, 11) is 0.